The van der Waals surface area contributed by atoms with Crippen LogP contribution >= 0.6 is 0 Å². The minimum Gasteiger partial charge on any atom is -0.277 e. The molecule has 0 aromatic carbocycles. The van der Waals surface area contributed by atoms with Gasteiger partial charge >= 0.3 is 6.03 Å². The van der Waals surface area contributed by atoms with Crippen molar-refractivity contribution < 1.29 is 14.4 Å². The number of imide groups is 2. The lowest BCUT2D eigenvalue weighted by molar-refractivity contribution is -0.158. The highest BCUT2D eigenvalue weighted by Crippen LogP contribution is 2.51. The average molecular weight is 250 g/mol. The van der Waals surface area contributed by atoms with E-state index in [4.69, 9.17) is 0 Å². The smallest absolute Gasteiger partial charge is 0.277 e. The highest BCUT2D eigenvalue weighted by Gasteiger charge is 2.58. The fraction of sp³-hybridized carbons (Fsp3) is 0.769. The first-order chi connectivity index (χ1) is 8.53. The predicted molar refractivity (Wildman–Crippen MR) is 63.5 cm³/mol. The summed E-state index contributed by atoms with van der Waals surface area (Å²) in [6, 6.07) is -0.526. The van der Waals surface area contributed by atoms with Crippen LogP contribution in [0.5, 0.6) is 0 Å². The van der Waals surface area contributed by atoms with Gasteiger partial charge in [-0.15, -0.1) is 0 Å². The number of nitrogens with zero attached hydrogens (tertiary/aromatic N) is 1. The Labute approximate surface area is 106 Å². The number of hydrogen-bond acceptors (Lipinski definition) is 3. The molecule has 5 heteroatoms. The molecule has 98 valence electrons. The lowest BCUT2D eigenvalue weighted by Gasteiger charge is -2.45. The van der Waals surface area contributed by atoms with E-state index in [-0.39, 0.29) is 17.2 Å². The van der Waals surface area contributed by atoms with Crippen molar-refractivity contribution in [1.82, 2.24) is 10.2 Å². The standard InChI is InChI=1S/C13H18N2O3/c1-2-12(6-7-12)8-15-10(17)13(4-3-5-13)9(16)14-11(15)18/h2-8H2,1H3,(H,14,16,18). The summed E-state index contributed by atoms with van der Waals surface area (Å²) in [5, 5.41) is 2.35. The fourth-order valence-electron chi connectivity index (χ4n) is 2.98. The second-order valence-corrected chi connectivity index (χ2v) is 5.94. The Hall–Kier alpha value is -1.39. The van der Waals surface area contributed by atoms with Crippen LogP contribution in [0, 0.1) is 10.8 Å². The van der Waals surface area contributed by atoms with Crippen LogP contribution in [0.15, 0.2) is 0 Å². The maximum atomic E-state index is 12.4. The Morgan fingerprint density at radius 2 is 1.83 bits per heavy atom. The van der Waals surface area contributed by atoms with E-state index in [1.807, 2.05) is 0 Å². The van der Waals surface area contributed by atoms with Gasteiger partial charge < -0.3 is 0 Å². The van der Waals surface area contributed by atoms with E-state index in [9.17, 15) is 14.4 Å². The van der Waals surface area contributed by atoms with Crippen molar-refractivity contribution in [2.75, 3.05) is 6.54 Å². The van der Waals surface area contributed by atoms with Gasteiger partial charge in [-0.2, -0.15) is 0 Å². The minimum atomic E-state index is -0.919. The molecule has 0 atom stereocenters. The Kier molecular flexibility index (Phi) is 2.31. The molecule has 1 saturated heterocycles. The summed E-state index contributed by atoms with van der Waals surface area (Å²) in [5.41, 5.74) is -0.796. The molecule has 5 nitrogen and oxygen atoms in total. The Morgan fingerprint density at radius 3 is 2.28 bits per heavy atom. The van der Waals surface area contributed by atoms with Gasteiger partial charge in [0.15, 0.2) is 0 Å². The summed E-state index contributed by atoms with van der Waals surface area (Å²) in [6.45, 7) is 2.56. The third kappa shape index (κ3) is 1.42. The van der Waals surface area contributed by atoms with Gasteiger partial charge in [-0.05, 0) is 37.5 Å². The van der Waals surface area contributed by atoms with Crippen molar-refractivity contribution in [1.29, 1.82) is 0 Å². The topological polar surface area (TPSA) is 66.5 Å². The predicted octanol–water partition coefficient (Wildman–Crippen LogP) is 1.43. The van der Waals surface area contributed by atoms with Crippen LogP contribution < -0.4 is 5.32 Å². The van der Waals surface area contributed by atoms with E-state index in [0.717, 1.165) is 25.7 Å². The molecule has 3 rings (SSSR count). The van der Waals surface area contributed by atoms with Gasteiger partial charge in [0, 0.05) is 6.54 Å². The largest absolute Gasteiger partial charge is 0.330 e. The highest BCUT2D eigenvalue weighted by atomic mass is 16.2. The van der Waals surface area contributed by atoms with E-state index < -0.39 is 11.4 Å². The molecule has 0 unspecified atom stereocenters. The van der Waals surface area contributed by atoms with Crippen molar-refractivity contribution in [2.45, 2.75) is 45.4 Å². The second-order valence-electron chi connectivity index (χ2n) is 5.94. The van der Waals surface area contributed by atoms with Gasteiger partial charge in [0.05, 0.1) is 0 Å². The molecule has 4 amide bonds. The normalized spacial score (nSPS) is 28.1. The molecule has 1 N–H and O–H groups in total. The molecule has 0 bridgehead atoms. The molecule has 18 heavy (non-hydrogen) atoms. The quantitative estimate of drug-likeness (QED) is 0.770. The lowest BCUT2D eigenvalue weighted by atomic mass is 9.66. The molecular formula is C13H18N2O3. The van der Waals surface area contributed by atoms with Crippen molar-refractivity contribution in [3.63, 3.8) is 0 Å². The molecule has 1 aliphatic heterocycles. The first kappa shape index (κ1) is 11.7. The number of rotatable bonds is 3. The molecule has 1 spiro atoms. The maximum Gasteiger partial charge on any atom is 0.330 e. The van der Waals surface area contributed by atoms with Crippen LogP contribution in [0.2, 0.25) is 0 Å². The van der Waals surface area contributed by atoms with Gasteiger partial charge in [0.2, 0.25) is 11.8 Å². The van der Waals surface area contributed by atoms with Crippen molar-refractivity contribution in [3.8, 4) is 0 Å². The van der Waals surface area contributed by atoms with Gasteiger partial charge in [0.25, 0.3) is 0 Å². The molecule has 3 aliphatic rings. The fourth-order valence-corrected chi connectivity index (χ4v) is 2.98. The number of nitrogens with one attached hydrogen (secondary N) is 1. The number of hydrogen-bond donors (Lipinski definition) is 1. The van der Waals surface area contributed by atoms with Gasteiger partial charge in [-0.1, -0.05) is 13.3 Å². The van der Waals surface area contributed by atoms with Crippen LogP contribution in [-0.4, -0.2) is 29.3 Å². The average Bonchev–Trinajstić information content (AvgIpc) is 3.03. The zero-order valence-electron chi connectivity index (χ0n) is 10.6. The van der Waals surface area contributed by atoms with Gasteiger partial charge in [0.1, 0.15) is 5.41 Å². The van der Waals surface area contributed by atoms with Crippen LogP contribution in [0.25, 0.3) is 0 Å². The SMILES string of the molecule is CCC1(CN2C(=O)NC(=O)C3(CCC3)C2=O)CC1. The first-order valence-corrected chi connectivity index (χ1v) is 6.70. The molecule has 1 heterocycles. The van der Waals surface area contributed by atoms with E-state index >= 15 is 0 Å². The molecule has 0 aromatic heterocycles. The molecule has 3 fully saturated rings. The van der Waals surface area contributed by atoms with Crippen LogP contribution in [0.4, 0.5) is 4.79 Å². The zero-order valence-corrected chi connectivity index (χ0v) is 10.6. The Morgan fingerprint density at radius 1 is 1.17 bits per heavy atom. The number of amides is 4. The highest BCUT2D eigenvalue weighted by molar-refractivity contribution is 6.19. The number of urea groups is 1. The number of barbiturate groups is 1. The van der Waals surface area contributed by atoms with E-state index in [1.165, 1.54) is 4.90 Å². The zero-order chi connectivity index (χ0) is 13.0. The van der Waals surface area contributed by atoms with E-state index in [0.29, 0.717) is 19.4 Å². The summed E-state index contributed by atoms with van der Waals surface area (Å²) in [6.07, 6.45) is 5.18. The summed E-state index contributed by atoms with van der Waals surface area (Å²) in [4.78, 5) is 37.4. The van der Waals surface area contributed by atoms with Crippen molar-refractivity contribution in [2.24, 2.45) is 10.8 Å². The van der Waals surface area contributed by atoms with E-state index in [1.54, 1.807) is 0 Å². The van der Waals surface area contributed by atoms with Gasteiger partial charge in [-0.25, -0.2) is 4.79 Å². The second kappa shape index (κ2) is 3.56. The van der Waals surface area contributed by atoms with Crippen LogP contribution in [0.1, 0.15) is 45.4 Å². The molecule has 2 saturated carbocycles. The minimum absolute atomic E-state index is 0.123. The Balaban J connectivity index is 1.83. The lowest BCUT2D eigenvalue weighted by Crippen LogP contribution is -2.66. The number of carbonyl (C=O) groups excluding carboxylic acids is 3. The monoisotopic (exact) mass is 250 g/mol. The summed E-state index contributed by atoms with van der Waals surface area (Å²) in [7, 11) is 0. The summed E-state index contributed by atoms with van der Waals surface area (Å²) < 4.78 is 0. The summed E-state index contributed by atoms with van der Waals surface area (Å²) in [5.74, 6) is -0.649. The van der Waals surface area contributed by atoms with E-state index in [2.05, 4.69) is 12.2 Å². The summed E-state index contributed by atoms with van der Waals surface area (Å²) >= 11 is 0. The van der Waals surface area contributed by atoms with Crippen LogP contribution in [0.3, 0.4) is 0 Å². The first-order valence-electron chi connectivity index (χ1n) is 6.70. The third-order valence-corrected chi connectivity index (χ3v) is 4.96. The van der Waals surface area contributed by atoms with Gasteiger partial charge in [-0.3, -0.25) is 19.8 Å². The maximum absolute atomic E-state index is 12.4. The number of carbonyl (C=O) groups is 3. The van der Waals surface area contributed by atoms with Crippen LogP contribution in [-0.2, 0) is 9.59 Å². The molecule has 0 radical (unpaired) electrons. The molecular weight excluding hydrogens is 232 g/mol. The van der Waals surface area contributed by atoms with Crippen molar-refractivity contribution >= 4 is 17.8 Å². The molecule has 2 aliphatic carbocycles. The third-order valence-electron chi connectivity index (χ3n) is 4.96. The van der Waals surface area contributed by atoms with Crippen molar-refractivity contribution in [3.05, 3.63) is 0 Å². The Bertz CT molecular complexity index is 436. The molecule has 0 aromatic rings.